The Morgan fingerprint density at radius 3 is 2.61 bits per heavy atom. The lowest BCUT2D eigenvalue weighted by Crippen LogP contribution is -2.58. The van der Waals surface area contributed by atoms with E-state index in [-0.39, 0.29) is 17.1 Å². The van der Waals surface area contributed by atoms with Gasteiger partial charge < -0.3 is 9.64 Å². The quantitative estimate of drug-likeness (QED) is 0.740. The second-order valence-electron chi connectivity index (χ2n) is 10.6. The molecule has 7 rings (SSSR count). The number of nitrogens with zero attached hydrogens (tertiary/aromatic N) is 5. The van der Waals surface area contributed by atoms with Gasteiger partial charge in [-0.2, -0.15) is 5.10 Å². The Morgan fingerprint density at radius 2 is 1.94 bits per heavy atom. The van der Waals surface area contributed by atoms with Crippen LogP contribution in [0.3, 0.4) is 0 Å². The predicted octanol–water partition coefficient (Wildman–Crippen LogP) is 3.43. The topological polar surface area (TPSA) is 73.1 Å². The van der Waals surface area contributed by atoms with Crippen LogP contribution >= 0.6 is 0 Å². The zero-order valence-corrected chi connectivity index (χ0v) is 18.0. The SMILES string of the molecule is O=C(CC12CC3CC(C1)CC(n1cncn1)(C3)C2)N1CCC(Oc2cccnc2)CC1. The first-order valence-electron chi connectivity index (χ1n) is 11.8. The number of carbonyl (C=O) groups excluding carboxylic acids is 1. The van der Waals surface area contributed by atoms with Crippen molar-refractivity contribution in [2.75, 3.05) is 13.1 Å². The third kappa shape index (κ3) is 3.52. The zero-order chi connectivity index (χ0) is 20.9. The first-order valence-corrected chi connectivity index (χ1v) is 11.8. The van der Waals surface area contributed by atoms with Gasteiger partial charge in [0.1, 0.15) is 24.5 Å². The van der Waals surface area contributed by atoms with Crippen LogP contribution in [0.4, 0.5) is 0 Å². The fraction of sp³-hybridized carbons (Fsp3) is 0.667. The molecule has 0 aromatic carbocycles. The highest BCUT2D eigenvalue weighted by Crippen LogP contribution is 2.65. The van der Waals surface area contributed by atoms with E-state index in [1.165, 1.54) is 32.1 Å². The summed E-state index contributed by atoms with van der Waals surface area (Å²) in [6, 6.07) is 3.84. The number of pyridine rings is 1. The molecule has 1 aliphatic heterocycles. The molecule has 5 fully saturated rings. The highest BCUT2D eigenvalue weighted by molar-refractivity contribution is 5.77. The van der Waals surface area contributed by atoms with Crippen molar-refractivity contribution in [1.82, 2.24) is 24.6 Å². The minimum absolute atomic E-state index is 0.0887. The molecule has 0 spiro atoms. The van der Waals surface area contributed by atoms with Crippen molar-refractivity contribution < 1.29 is 9.53 Å². The second kappa shape index (κ2) is 7.31. The Morgan fingerprint density at radius 1 is 1.13 bits per heavy atom. The molecule has 0 N–H and O–H groups in total. The van der Waals surface area contributed by atoms with Crippen LogP contribution in [0.5, 0.6) is 5.75 Å². The first kappa shape index (κ1) is 19.3. The van der Waals surface area contributed by atoms with Crippen LogP contribution in [-0.2, 0) is 10.3 Å². The summed E-state index contributed by atoms with van der Waals surface area (Å²) in [5.74, 6) is 2.63. The van der Waals surface area contributed by atoms with Gasteiger partial charge in [0.25, 0.3) is 0 Å². The molecule has 4 aliphatic carbocycles. The van der Waals surface area contributed by atoms with E-state index in [1.54, 1.807) is 18.7 Å². The van der Waals surface area contributed by atoms with E-state index in [0.29, 0.717) is 12.3 Å². The largest absolute Gasteiger partial charge is 0.489 e. The van der Waals surface area contributed by atoms with Crippen molar-refractivity contribution in [1.29, 1.82) is 0 Å². The van der Waals surface area contributed by atoms with Gasteiger partial charge in [0.05, 0.1) is 11.7 Å². The summed E-state index contributed by atoms with van der Waals surface area (Å²) in [5.41, 5.74) is 0.238. The Labute approximate surface area is 183 Å². The molecular weight excluding hydrogens is 390 g/mol. The number of amides is 1. The van der Waals surface area contributed by atoms with Gasteiger partial charge in [-0.05, 0) is 67.9 Å². The van der Waals surface area contributed by atoms with E-state index in [9.17, 15) is 4.79 Å². The molecule has 31 heavy (non-hydrogen) atoms. The summed E-state index contributed by atoms with van der Waals surface area (Å²) in [5, 5.41) is 4.54. The van der Waals surface area contributed by atoms with Gasteiger partial charge in [0.15, 0.2) is 0 Å². The lowest BCUT2D eigenvalue weighted by atomic mass is 9.46. The van der Waals surface area contributed by atoms with Crippen LogP contribution in [-0.4, -0.2) is 49.7 Å². The average molecular weight is 422 g/mol. The standard InChI is InChI=1S/C24H31N5O2/c30-22(28-6-3-20(4-7-28)31-21-2-1-5-25-14-21)13-23-9-18-8-19(10-23)12-24(11-18,15-23)29-17-26-16-27-29/h1-2,5,14,16-20H,3-4,6-13,15H2. The summed E-state index contributed by atoms with van der Waals surface area (Å²) in [7, 11) is 0. The van der Waals surface area contributed by atoms with E-state index >= 15 is 0 Å². The van der Waals surface area contributed by atoms with E-state index in [4.69, 9.17) is 4.74 Å². The van der Waals surface area contributed by atoms with E-state index < -0.39 is 0 Å². The maximum Gasteiger partial charge on any atom is 0.223 e. The summed E-state index contributed by atoms with van der Waals surface area (Å²) >= 11 is 0. The molecule has 0 radical (unpaired) electrons. The van der Waals surface area contributed by atoms with Crippen molar-refractivity contribution in [3.63, 3.8) is 0 Å². The molecule has 7 nitrogen and oxygen atoms in total. The molecule has 164 valence electrons. The van der Waals surface area contributed by atoms with Gasteiger partial charge in [-0.15, -0.1) is 0 Å². The van der Waals surface area contributed by atoms with Gasteiger partial charge in [0.2, 0.25) is 5.91 Å². The van der Waals surface area contributed by atoms with Crippen molar-refractivity contribution in [2.45, 2.75) is 69.4 Å². The molecule has 4 saturated carbocycles. The molecule has 1 amide bonds. The van der Waals surface area contributed by atoms with Crippen molar-refractivity contribution in [3.05, 3.63) is 37.2 Å². The number of hydrogen-bond acceptors (Lipinski definition) is 5. The van der Waals surface area contributed by atoms with Crippen LogP contribution in [0.25, 0.3) is 0 Å². The van der Waals surface area contributed by atoms with E-state index in [2.05, 4.69) is 24.6 Å². The summed E-state index contributed by atoms with van der Waals surface area (Å²) in [4.78, 5) is 23.8. The number of ether oxygens (including phenoxy) is 1. The molecular formula is C24H31N5O2. The average Bonchev–Trinajstić information content (AvgIpc) is 3.30. The van der Waals surface area contributed by atoms with E-state index in [1.807, 2.05) is 18.5 Å². The molecule has 2 atom stereocenters. The third-order valence-electron chi connectivity index (χ3n) is 8.31. The number of likely N-dealkylation sites (tertiary alicyclic amines) is 1. The summed E-state index contributed by atoms with van der Waals surface area (Å²) < 4.78 is 8.19. The number of piperidine rings is 1. The van der Waals surface area contributed by atoms with Crippen molar-refractivity contribution in [3.8, 4) is 5.75 Å². The predicted molar refractivity (Wildman–Crippen MR) is 114 cm³/mol. The van der Waals surface area contributed by atoms with Gasteiger partial charge in [-0.3, -0.25) is 9.78 Å². The lowest BCUT2D eigenvalue weighted by Gasteiger charge is -2.62. The summed E-state index contributed by atoms with van der Waals surface area (Å²) in [6.07, 6.45) is 17.0. The van der Waals surface area contributed by atoms with Crippen LogP contribution < -0.4 is 4.74 Å². The van der Waals surface area contributed by atoms with Crippen LogP contribution in [0.1, 0.15) is 57.8 Å². The number of hydrogen-bond donors (Lipinski definition) is 0. The first-order chi connectivity index (χ1) is 15.1. The smallest absolute Gasteiger partial charge is 0.223 e. The molecule has 7 heteroatoms. The molecule has 1 saturated heterocycles. The van der Waals surface area contributed by atoms with Gasteiger partial charge in [0, 0.05) is 38.5 Å². The highest BCUT2D eigenvalue weighted by atomic mass is 16.5. The number of aromatic nitrogens is 4. The molecule has 5 aliphatic rings. The second-order valence-corrected chi connectivity index (χ2v) is 10.6. The summed E-state index contributed by atoms with van der Waals surface area (Å²) in [6.45, 7) is 1.59. The van der Waals surface area contributed by atoms with Crippen molar-refractivity contribution in [2.24, 2.45) is 17.3 Å². The van der Waals surface area contributed by atoms with Crippen LogP contribution in [0.15, 0.2) is 37.2 Å². The van der Waals surface area contributed by atoms with Gasteiger partial charge in [-0.1, -0.05) is 0 Å². The number of carbonyl (C=O) groups is 1. The molecule has 2 aromatic heterocycles. The Balaban J connectivity index is 1.11. The molecule has 3 heterocycles. The molecule has 4 bridgehead atoms. The van der Waals surface area contributed by atoms with Crippen LogP contribution in [0.2, 0.25) is 0 Å². The highest BCUT2D eigenvalue weighted by Gasteiger charge is 2.59. The fourth-order valence-corrected chi connectivity index (χ4v) is 7.59. The fourth-order valence-electron chi connectivity index (χ4n) is 7.59. The lowest BCUT2D eigenvalue weighted by molar-refractivity contribution is -0.147. The van der Waals surface area contributed by atoms with Crippen molar-refractivity contribution >= 4 is 5.91 Å². The molecule has 2 aromatic rings. The Bertz CT molecular complexity index is 909. The maximum absolute atomic E-state index is 13.4. The van der Waals surface area contributed by atoms with E-state index in [0.717, 1.165) is 49.9 Å². The minimum Gasteiger partial charge on any atom is -0.489 e. The Hall–Kier alpha value is -2.44. The van der Waals surface area contributed by atoms with Gasteiger partial charge in [-0.25, -0.2) is 9.67 Å². The third-order valence-corrected chi connectivity index (χ3v) is 8.31. The maximum atomic E-state index is 13.4. The Kier molecular flexibility index (Phi) is 4.54. The number of rotatable bonds is 5. The van der Waals surface area contributed by atoms with Gasteiger partial charge >= 0.3 is 0 Å². The minimum atomic E-state index is 0.0887. The normalized spacial score (nSPS) is 34.8. The molecule has 2 unspecified atom stereocenters. The van der Waals surface area contributed by atoms with Crippen LogP contribution in [0, 0.1) is 17.3 Å². The monoisotopic (exact) mass is 421 g/mol. The zero-order valence-electron chi connectivity index (χ0n) is 18.0.